The number of likely N-dealkylation sites (N-methyl/N-ethyl adjacent to an activating group) is 1. The van der Waals surface area contributed by atoms with E-state index in [0.29, 0.717) is 47.1 Å². The van der Waals surface area contributed by atoms with Gasteiger partial charge in [-0.05, 0) is 62.0 Å². The zero-order valence-corrected chi connectivity index (χ0v) is 23.8. The van der Waals surface area contributed by atoms with Crippen LogP contribution < -0.4 is 15.4 Å². The van der Waals surface area contributed by atoms with Crippen LogP contribution in [0.4, 0.5) is 11.6 Å². The highest BCUT2D eigenvalue weighted by atomic mass is 32.2. The highest BCUT2D eigenvalue weighted by Crippen LogP contribution is 2.20. The smallest absolute Gasteiger partial charge is 0.251 e. The van der Waals surface area contributed by atoms with Gasteiger partial charge in [-0.1, -0.05) is 38.5 Å². The number of sulfonamides is 1. The number of carbonyl (C=O) groups excluding carboxylic acids is 1. The highest BCUT2D eigenvalue weighted by Gasteiger charge is 2.16. The predicted molar refractivity (Wildman–Crippen MR) is 154 cm³/mol. The van der Waals surface area contributed by atoms with Crippen LogP contribution in [0.15, 0.2) is 59.6 Å². The quantitative estimate of drug-likeness (QED) is 0.196. The van der Waals surface area contributed by atoms with Crippen molar-refractivity contribution in [1.29, 1.82) is 0 Å². The molecule has 0 aliphatic heterocycles. The van der Waals surface area contributed by atoms with Crippen LogP contribution in [0.3, 0.4) is 0 Å². The van der Waals surface area contributed by atoms with E-state index in [4.69, 9.17) is 0 Å². The second kappa shape index (κ2) is 13.4. The van der Waals surface area contributed by atoms with E-state index >= 15 is 0 Å². The lowest BCUT2D eigenvalue weighted by atomic mass is 10.2. The summed E-state index contributed by atoms with van der Waals surface area (Å²) in [5.74, 6) is 0.175. The van der Waals surface area contributed by atoms with E-state index in [9.17, 15) is 13.2 Å². The molecular weight excluding hydrogens is 530 g/mol. The third-order valence-electron chi connectivity index (χ3n) is 6.40. The molecule has 0 unspecified atom stereocenters. The number of fused-ring (bicyclic) bond motifs is 1. The van der Waals surface area contributed by atoms with Gasteiger partial charge in [0, 0.05) is 30.9 Å². The van der Waals surface area contributed by atoms with Gasteiger partial charge in [0.2, 0.25) is 16.0 Å². The van der Waals surface area contributed by atoms with Crippen molar-refractivity contribution in [2.24, 2.45) is 0 Å². The molecule has 2 aromatic carbocycles. The Morgan fingerprint density at radius 3 is 2.52 bits per heavy atom. The molecule has 0 saturated heterocycles. The van der Waals surface area contributed by atoms with Crippen molar-refractivity contribution in [2.45, 2.75) is 38.5 Å². The Morgan fingerprint density at radius 2 is 1.80 bits per heavy atom. The normalized spacial score (nSPS) is 11.7. The zero-order valence-electron chi connectivity index (χ0n) is 23.0. The number of carbonyl (C=O) groups is 1. The minimum Gasteiger partial charge on any atom is -0.351 e. The molecule has 0 saturated carbocycles. The summed E-state index contributed by atoms with van der Waals surface area (Å²) in [7, 11) is -3.66. The van der Waals surface area contributed by atoms with Crippen LogP contribution in [0.25, 0.3) is 16.9 Å². The van der Waals surface area contributed by atoms with E-state index < -0.39 is 10.0 Å². The Kier molecular flexibility index (Phi) is 9.74. The summed E-state index contributed by atoms with van der Waals surface area (Å²) in [6.07, 6.45) is 3.19. The molecule has 0 aliphatic carbocycles. The summed E-state index contributed by atoms with van der Waals surface area (Å²) in [5.41, 5.74) is 2.63. The number of hydrogen-bond donors (Lipinski definition) is 3. The molecule has 12 nitrogen and oxygen atoms in total. The van der Waals surface area contributed by atoms with E-state index in [1.165, 1.54) is 16.8 Å². The maximum Gasteiger partial charge on any atom is 0.251 e. The van der Waals surface area contributed by atoms with Crippen LogP contribution in [0, 0.1) is 0 Å². The molecular formula is C27H35N9O3S. The molecule has 0 atom stereocenters. The number of aromatic nitrogens is 5. The van der Waals surface area contributed by atoms with Gasteiger partial charge in [-0.2, -0.15) is 9.67 Å². The van der Waals surface area contributed by atoms with Gasteiger partial charge >= 0.3 is 0 Å². The topological polar surface area (TPSA) is 147 Å². The van der Waals surface area contributed by atoms with Crippen molar-refractivity contribution in [3.8, 4) is 5.69 Å². The minimum atomic E-state index is -3.66. The van der Waals surface area contributed by atoms with Crippen molar-refractivity contribution in [3.05, 3.63) is 60.3 Å². The molecule has 2 heterocycles. The molecule has 2 aromatic heterocycles. The molecule has 0 bridgehead atoms. The molecule has 212 valence electrons. The van der Waals surface area contributed by atoms with Crippen molar-refractivity contribution in [1.82, 2.24) is 39.9 Å². The average molecular weight is 566 g/mol. The van der Waals surface area contributed by atoms with E-state index in [0.717, 1.165) is 32.5 Å². The van der Waals surface area contributed by atoms with E-state index in [-0.39, 0.29) is 10.8 Å². The first-order valence-electron chi connectivity index (χ1n) is 13.4. The van der Waals surface area contributed by atoms with E-state index in [1.54, 1.807) is 42.6 Å². The van der Waals surface area contributed by atoms with E-state index in [1.807, 2.05) is 6.92 Å². The Bertz CT molecular complexity index is 1530. The number of amides is 1. The summed E-state index contributed by atoms with van der Waals surface area (Å²) >= 11 is 0. The summed E-state index contributed by atoms with van der Waals surface area (Å²) in [5, 5.41) is 14.4. The molecule has 1 amide bonds. The number of rotatable bonds is 14. The maximum absolute atomic E-state index is 12.7. The summed E-state index contributed by atoms with van der Waals surface area (Å²) in [4.78, 5) is 23.7. The Balaban J connectivity index is 1.47. The predicted octanol–water partition coefficient (Wildman–Crippen LogP) is 3.10. The SMILES string of the molecule is CCCCNS(=O)(=O)c1cccc(-n2nnc3cnc(Nc4ccc(C(=O)NCCN(CC)CC)cc4)nc32)c1. The molecule has 0 radical (unpaired) electrons. The molecule has 4 rings (SSSR count). The monoisotopic (exact) mass is 565 g/mol. The third-order valence-corrected chi connectivity index (χ3v) is 7.86. The summed E-state index contributed by atoms with van der Waals surface area (Å²) < 4.78 is 29.5. The first kappa shape index (κ1) is 29.1. The lowest BCUT2D eigenvalue weighted by molar-refractivity contribution is 0.0949. The number of nitrogens with one attached hydrogen (secondary N) is 3. The highest BCUT2D eigenvalue weighted by molar-refractivity contribution is 7.89. The first-order chi connectivity index (χ1) is 19.3. The van der Waals surface area contributed by atoms with Crippen molar-refractivity contribution >= 4 is 38.7 Å². The van der Waals surface area contributed by atoms with Gasteiger partial charge in [0.05, 0.1) is 16.8 Å². The number of benzene rings is 2. The Hall–Kier alpha value is -3.94. The van der Waals surface area contributed by atoms with Crippen LogP contribution in [-0.4, -0.2) is 76.9 Å². The van der Waals surface area contributed by atoms with Crippen LogP contribution in [0.1, 0.15) is 44.0 Å². The second-order valence-electron chi connectivity index (χ2n) is 9.14. The molecule has 13 heteroatoms. The first-order valence-corrected chi connectivity index (χ1v) is 14.9. The lowest BCUT2D eigenvalue weighted by Crippen LogP contribution is -2.34. The maximum atomic E-state index is 12.7. The fourth-order valence-electron chi connectivity index (χ4n) is 4.01. The summed E-state index contributed by atoms with van der Waals surface area (Å²) in [6.45, 7) is 9.85. The standard InChI is InChI=1S/C27H35N9O3S/c1-4-7-15-30-40(38,39)23-10-8-9-22(18-23)36-25-24(33-34-36)19-29-27(32-25)31-21-13-11-20(12-14-21)26(37)28-16-17-35(5-2)6-3/h8-14,18-19,30H,4-7,15-17H2,1-3H3,(H,28,37)(H,29,31,32). The molecule has 0 fully saturated rings. The van der Waals surface area contributed by atoms with Gasteiger partial charge < -0.3 is 15.5 Å². The number of anilines is 2. The van der Waals surface area contributed by atoms with Gasteiger partial charge in [-0.15, -0.1) is 5.10 Å². The fourth-order valence-corrected chi connectivity index (χ4v) is 5.13. The number of nitrogens with zero attached hydrogens (tertiary/aromatic N) is 6. The largest absolute Gasteiger partial charge is 0.351 e. The van der Waals surface area contributed by atoms with Gasteiger partial charge in [-0.25, -0.2) is 18.1 Å². The number of hydrogen-bond acceptors (Lipinski definition) is 9. The van der Waals surface area contributed by atoms with Gasteiger partial charge in [0.25, 0.3) is 5.91 Å². The van der Waals surface area contributed by atoms with Crippen LogP contribution in [0.5, 0.6) is 0 Å². The van der Waals surface area contributed by atoms with Crippen molar-refractivity contribution < 1.29 is 13.2 Å². The van der Waals surface area contributed by atoms with Crippen molar-refractivity contribution in [3.63, 3.8) is 0 Å². The number of unbranched alkanes of at least 4 members (excludes halogenated alkanes) is 1. The third kappa shape index (κ3) is 7.17. The average Bonchev–Trinajstić information content (AvgIpc) is 3.39. The Morgan fingerprint density at radius 1 is 1.02 bits per heavy atom. The molecule has 0 spiro atoms. The minimum absolute atomic E-state index is 0.129. The van der Waals surface area contributed by atoms with Crippen LogP contribution in [-0.2, 0) is 10.0 Å². The molecule has 4 aromatic rings. The Labute approximate surface area is 234 Å². The zero-order chi connectivity index (χ0) is 28.5. The molecule has 0 aliphatic rings. The van der Waals surface area contributed by atoms with Crippen LogP contribution >= 0.6 is 0 Å². The van der Waals surface area contributed by atoms with Gasteiger partial charge in [-0.3, -0.25) is 4.79 Å². The summed E-state index contributed by atoms with van der Waals surface area (Å²) in [6, 6.07) is 13.5. The molecule has 40 heavy (non-hydrogen) atoms. The molecule has 3 N–H and O–H groups in total. The van der Waals surface area contributed by atoms with Crippen LogP contribution in [0.2, 0.25) is 0 Å². The van der Waals surface area contributed by atoms with E-state index in [2.05, 4.69) is 54.4 Å². The van der Waals surface area contributed by atoms with Gasteiger partial charge in [0.1, 0.15) is 0 Å². The lowest BCUT2D eigenvalue weighted by Gasteiger charge is -2.17. The van der Waals surface area contributed by atoms with Gasteiger partial charge in [0.15, 0.2) is 11.2 Å². The second-order valence-corrected chi connectivity index (χ2v) is 10.9. The van der Waals surface area contributed by atoms with Crippen molar-refractivity contribution in [2.75, 3.05) is 38.0 Å². The fraction of sp³-hybridized carbons (Fsp3) is 0.370.